The lowest BCUT2D eigenvalue weighted by Crippen LogP contribution is -2.06. The summed E-state index contributed by atoms with van der Waals surface area (Å²) in [6.45, 7) is 2.36. The lowest BCUT2D eigenvalue weighted by Gasteiger charge is -2.25. The zero-order valence-electron chi connectivity index (χ0n) is 34.2. The summed E-state index contributed by atoms with van der Waals surface area (Å²) in [7, 11) is 7.11. The van der Waals surface area contributed by atoms with Crippen LogP contribution in [0.25, 0.3) is 43.1 Å². The Hall–Kier alpha value is -4.86. The number of fused-ring (bicyclic) bond motifs is 4. The van der Waals surface area contributed by atoms with Crippen LogP contribution >= 0.6 is 23.5 Å². The van der Waals surface area contributed by atoms with Crippen molar-refractivity contribution in [1.82, 2.24) is 0 Å². The molecule has 0 aliphatic carbocycles. The smallest absolute Gasteiger partial charge is 0.149 e. The van der Waals surface area contributed by atoms with Crippen molar-refractivity contribution in [2.75, 3.05) is 54.9 Å². The van der Waals surface area contributed by atoms with Gasteiger partial charge in [-0.3, -0.25) is 0 Å². The molecule has 0 atom stereocenters. The predicted molar refractivity (Wildman–Crippen MR) is 246 cm³/mol. The Morgan fingerprint density at radius 1 is 0.339 bits per heavy atom. The van der Waals surface area contributed by atoms with Crippen molar-refractivity contribution in [1.29, 1.82) is 0 Å². The highest BCUT2D eigenvalue weighted by molar-refractivity contribution is 7.99. The van der Waals surface area contributed by atoms with Gasteiger partial charge in [-0.15, -0.1) is 0 Å². The van der Waals surface area contributed by atoms with Crippen molar-refractivity contribution < 1.29 is 23.7 Å². The number of rotatable bonds is 18. The van der Waals surface area contributed by atoms with Gasteiger partial charge in [0.1, 0.15) is 11.5 Å². The van der Waals surface area contributed by atoms with Gasteiger partial charge in [0, 0.05) is 49.0 Å². The van der Waals surface area contributed by atoms with Crippen molar-refractivity contribution in [3.05, 3.63) is 156 Å². The molecule has 0 heterocycles. The maximum atomic E-state index is 7.88. The van der Waals surface area contributed by atoms with E-state index in [1.54, 1.807) is 52.0 Å². The van der Waals surface area contributed by atoms with Crippen LogP contribution in [-0.2, 0) is 44.6 Å². The molecule has 0 bridgehead atoms. The Morgan fingerprint density at radius 2 is 0.661 bits per heavy atom. The molecule has 0 saturated heterocycles. The van der Waals surface area contributed by atoms with E-state index in [2.05, 4.69) is 133 Å². The van der Waals surface area contributed by atoms with E-state index in [4.69, 9.17) is 23.7 Å². The Kier molecular flexibility index (Phi) is 13.5. The van der Waals surface area contributed by atoms with Gasteiger partial charge in [-0.05, 0) is 117 Å². The molecule has 8 aromatic rings. The van der Waals surface area contributed by atoms with Gasteiger partial charge in [0.25, 0.3) is 0 Å². The van der Waals surface area contributed by atoms with E-state index in [1.165, 1.54) is 54.6 Å². The average Bonchev–Trinajstić information content (AvgIpc) is 3.28. The number of ether oxygens (including phenoxy) is 5. The van der Waals surface area contributed by atoms with E-state index < -0.39 is 0 Å². The van der Waals surface area contributed by atoms with Gasteiger partial charge in [0.2, 0.25) is 0 Å². The van der Waals surface area contributed by atoms with Gasteiger partial charge in [-0.2, -0.15) is 0 Å². The minimum absolute atomic E-state index is 0.575. The molecular weight excluding hydrogens is 769 g/mol. The van der Waals surface area contributed by atoms with Crippen LogP contribution < -0.4 is 4.74 Å². The first-order valence-electron chi connectivity index (χ1n) is 20.2. The van der Waals surface area contributed by atoms with Crippen LogP contribution in [0.15, 0.2) is 153 Å². The first-order valence-corrected chi connectivity index (χ1v) is 21.9. The fourth-order valence-corrected chi connectivity index (χ4v) is 10.2. The molecule has 7 heteroatoms. The number of methoxy groups -OCH3 is 4. The molecule has 0 radical (unpaired) electrons. The molecule has 8 aromatic carbocycles. The van der Waals surface area contributed by atoms with Gasteiger partial charge < -0.3 is 23.7 Å². The Balaban J connectivity index is 1.51. The molecule has 0 N–H and O–H groups in total. The summed E-state index contributed by atoms with van der Waals surface area (Å²) < 4.78 is 31.0. The highest BCUT2D eigenvalue weighted by Gasteiger charge is 2.26. The highest BCUT2D eigenvalue weighted by atomic mass is 32.2. The van der Waals surface area contributed by atoms with Crippen molar-refractivity contribution in [3.8, 4) is 11.5 Å². The summed E-state index contributed by atoms with van der Waals surface area (Å²) in [5.74, 6) is 1.69. The van der Waals surface area contributed by atoms with Crippen LogP contribution in [0.1, 0.15) is 22.3 Å². The van der Waals surface area contributed by atoms with E-state index in [0.717, 1.165) is 67.5 Å². The molecular formula is C52H50O5S2. The van der Waals surface area contributed by atoms with E-state index in [-0.39, 0.29) is 0 Å². The summed E-state index contributed by atoms with van der Waals surface area (Å²) >= 11 is 3.47. The van der Waals surface area contributed by atoms with Crippen LogP contribution in [0, 0.1) is 0 Å². The van der Waals surface area contributed by atoms with Gasteiger partial charge in [0.05, 0.1) is 36.2 Å². The molecule has 0 aromatic heterocycles. The fourth-order valence-electron chi connectivity index (χ4n) is 8.38. The zero-order valence-corrected chi connectivity index (χ0v) is 35.8. The number of hydrogen-bond donors (Lipinski definition) is 0. The summed E-state index contributed by atoms with van der Waals surface area (Å²) in [6.07, 6.45) is 2.98. The first-order chi connectivity index (χ1) is 29.1. The lowest BCUT2D eigenvalue weighted by atomic mass is 9.88. The van der Waals surface area contributed by atoms with Crippen molar-refractivity contribution in [2.24, 2.45) is 0 Å². The normalized spacial score (nSPS) is 11.7. The topological polar surface area (TPSA) is 46.2 Å². The zero-order chi connectivity index (χ0) is 40.6. The summed E-state index contributed by atoms with van der Waals surface area (Å²) in [6, 6.07) is 47.8. The van der Waals surface area contributed by atoms with Crippen LogP contribution in [0.4, 0.5) is 0 Å². The first kappa shape index (κ1) is 40.9. The van der Waals surface area contributed by atoms with Crippen molar-refractivity contribution >= 4 is 66.6 Å². The van der Waals surface area contributed by atoms with Crippen LogP contribution in [-0.4, -0.2) is 54.9 Å². The molecule has 0 aliphatic rings. The van der Waals surface area contributed by atoms with Gasteiger partial charge in [-0.1, -0.05) is 121 Å². The summed E-state index contributed by atoms with van der Waals surface area (Å²) in [4.78, 5) is 4.37. The molecule has 300 valence electrons. The molecule has 0 fully saturated rings. The van der Waals surface area contributed by atoms with E-state index >= 15 is 0 Å². The second-order valence-corrected chi connectivity index (χ2v) is 16.8. The molecule has 0 amide bonds. The minimum Gasteiger partial charge on any atom is -0.454 e. The maximum absolute atomic E-state index is 7.88. The van der Waals surface area contributed by atoms with E-state index in [9.17, 15) is 0 Å². The largest absolute Gasteiger partial charge is 0.454 e. The molecule has 0 saturated carbocycles. The Bertz CT molecular complexity index is 2510. The van der Waals surface area contributed by atoms with Gasteiger partial charge in [0.15, 0.2) is 0 Å². The molecule has 0 spiro atoms. The fraction of sp³-hybridized carbons (Fsp3) is 0.231. The summed E-state index contributed by atoms with van der Waals surface area (Å²) in [5.41, 5.74) is 4.94. The molecule has 5 nitrogen and oxygen atoms in total. The highest BCUT2D eigenvalue weighted by Crippen LogP contribution is 2.51. The van der Waals surface area contributed by atoms with Crippen molar-refractivity contribution in [2.45, 2.75) is 45.3 Å². The van der Waals surface area contributed by atoms with Crippen molar-refractivity contribution in [3.63, 3.8) is 0 Å². The Morgan fingerprint density at radius 3 is 1.02 bits per heavy atom. The molecule has 59 heavy (non-hydrogen) atoms. The maximum Gasteiger partial charge on any atom is 0.149 e. The standard InChI is InChI=1S/C52H50O5S2/c1-53-31-27-41-37-19-11-13-21-39(37)45(29-33-55-3)49-43(41)23-25-47(58-35-15-7-5-8-16-35)51(49)57-52-48(59-36-17-9-6-10-18-36)26-24-44-42(28-32-54-2)38-20-12-14-22-40(38)46(50(44)52)30-34-56-4/h5-26H,27-34H2,1-4H3. The quantitative estimate of drug-likeness (QED) is 0.0799. The minimum atomic E-state index is 0.575. The third-order valence-corrected chi connectivity index (χ3v) is 13.1. The lowest BCUT2D eigenvalue weighted by molar-refractivity contribution is 0.202. The van der Waals surface area contributed by atoms with Gasteiger partial charge >= 0.3 is 0 Å². The SMILES string of the molecule is COCCc1c2ccccc2c(CCOC)c2c(Oc3c(Sc4ccccc4)ccc4c(CCOC)c5ccccc5c(CCOC)c34)c(Sc3ccccc3)ccc12. The van der Waals surface area contributed by atoms with Gasteiger partial charge in [-0.25, -0.2) is 0 Å². The Labute approximate surface area is 356 Å². The van der Waals surface area contributed by atoms with Crippen LogP contribution in [0.3, 0.4) is 0 Å². The monoisotopic (exact) mass is 818 g/mol. The predicted octanol–water partition coefficient (Wildman–Crippen LogP) is 13.1. The molecule has 0 unspecified atom stereocenters. The molecule has 0 aliphatic heterocycles. The second kappa shape index (κ2) is 19.5. The van der Waals surface area contributed by atoms with E-state index in [0.29, 0.717) is 26.4 Å². The number of benzene rings is 8. The van der Waals surface area contributed by atoms with Crippen LogP contribution in [0.2, 0.25) is 0 Å². The number of hydrogen-bond acceptors (Lipinski definition) is 7. The summed E-state index contributed by atoms with van der Waals surface area (Å²) in [5, 5.41) is 9.45. The second-order valence-electron chi connectivity index (χ2n) is 14.5. The van der Waals surface area contributed by atoms with E-state index in [1.807, 2.05) is 0 Å². The molecule has 8 rings (SSSR count). The third kappa shape index (κ3) is 8.60. The third-order valence-electron chi connectivity index (χ3n) is 11.0. The average molecular weight is 819 g/mol. The van der Waals surface area contributed by atoms with Crippen LogP contribution in [0.5, 0.6) is 11.5 Å².